The molecule has 1 N–H and O–H groups in total. The van der Waals surface area contributed by atoms with Crippen LogP contribution in [0.4, 0.5) is 0 Å². The molecule has 0 aliphatic carbocycles. The SMILES string of the molecule is COc1ccc(OCCN2C(=O)C(=O)/C(=C(/O)c3ccc(OC(C)C)c(C)c3)C2c2cccc(OC)c2)cc1. The Labute approximate surface area is 228 Å². The van der Waals surface area contributed by atoms with Crippen molar-refractivity contribution in [1.82, 2.24) is 4.90 Å². The van der Waals surface area contributed by atoms with E-state index in [1.165, 1.54) is 4.90 Å². The largest absolute Gasteiger partial charge is 0.507 e. The summed E-state index contributed by atoms with van der Waals surface area (Å²) in [4.78, 5) is 28.0. The van der Waals surface area contributed by atoms with E-state index in [2.05, 4.69) is 0 Å². The zero-order valence-corrected chi connectivity index (χ0v) is 22.8. The van der Waals surface area contributed by atoms with Gasteiger partial charge in [-0.2, -0.15) is 0 Å². The fourth-order valence-corrected chi connectivity index (χ4v) is 4.54. The van der Waals surface area contributed by atoms with Crippen molar-refractivity contribution in [2.24, 2.45) is 0 Å². The Bertz CT molecular complexity index is 1380. The van der Waals surface area contributed by atoms with Gasteiger partial charge in [-0.05, 0) is 86.5 Å². The molecule has 8 heteroatoms. The van der Waals surface area contributed by atoms with Gasteiger partial charge in [-0.25, -0.2) is 0 Å². The van der Waals surface area contributed by atoms with Crippen LogP contribution in [0.15, 0.2) is 72.3 Å². The molecule has 1 amide bonds. The minimum absolute atomic E-state index is 0.00892. The van der Waals surface area contributed by atoms with Gasteiger partial charge < -0.3 is 29.0 Å². The molecule has 0 aromatic heterocycles. The van der Waals surface area contributed by atoms with Gasteiger partial charge in [-0.3, -0.25) is 9.59 Å². The van der Waals surface area contributed by atoms with Gasteiger partial charge in [0.15, 0.2) is 0 Å². The summed E-state index contributed by atoms with van der Waals surface area (Å²) in [7, 11) is 3.13. The number of hydrogen-bond donors (Lipinski definition) is 1. The van der Waals surface area contributed by atoms with Crippen molar-refractivity contribution in [3.63, 3.8) is 0 Å². The first-order valence-corrected chi connectivity index (χ1v) is 12.7. The van der Waals surface area contributed by atoms with Crippen LogP contribution in [0.2, 0.25) is 0 Å². The minimum Gasteiger partial charge on any atom is -0.507 e. The Balaban J connectivity index is 1.70. The number of amides is 1. The second-order valence-electron chi connectivity index (χ2n) is 9.44. The van der Waals surface area contributed by atoms with Crippen LogP contribution in [0.1, 0.15) is 36.6 Å². The highest BCUT2D eigenvalue weighted by molar-refractivity contribution is 6.46. The molecule has 1 aliphatic rings. The maximum atomic E-state index is 13.3. The molecule has 0 radical (unpaired) electrons. The standard InChI is InChI=1S/C31H33NO7/c1-19(2)39-26-14-9-22(17-20(26)3)29(33)27-28(21-7-6-8-25(18-21)37-5)32(31(35)30(27)34)15-16-38-24-12-10-23(36-4)11-13-24/h6-14,17-19,28,33H,15-16H2,1-5H3/b29-27+. The fourth-order valence-electron chi connectivity index (χ4n) is 4.54. The fraction of sp³-hybridized carbons (Fsp3) is 0.290. The van der Waals surface area contributed by atoms with Crippen LogP contribution in [0, 0.1) is 6.92 Å². The predicted octanol–water partition coefficient (Wildman–Crippen LogP) is 5.30. The zero-order valence-electron chi connectivity index (χ0n) is 22.8. The van der Waals surface area contributed by atoms with E-state index in [0.29, 0.717) is 34.1 Å². The highest BCUT2D eigenvalue weighted by Crippen LogP contribution is 2.40. The second-order valence-corrected chi connectivity index (χ2v) is 9.44. The minimum atomic E-state index is -0.827. The summed E-state index contributed by atoms with van der Waals surface area (Å²) in [6, 6.07) is 18.6. The first kappa shape index (κ1) is 27.6. The number of ether oxygens (including phenoxy) is 4. The van der Waals surface area contributed by atoms with Crippen LogP contribution in [0.5, 0.6) is 23.0 Å². The molecule has 3 aromatic rings. The van der Waals surface area contributed by atoms with E-state index in [4.69, 9.17) is 18.9 Å². The molecular weight excluding hydrogens is 498 g/mol. The smallest absolute Gasteiger partial charge is 0.295 e. The van der Waals surface area contributed by atoms with Gasteiger partial charge in [0.05, 0.1) is 38.5 Å². The van der Waals surface area contributed by atoms with E-state index in [0.717, 1.165) is 5.56 Å². The van der Waals surface area contributed by atoms with Crippen LogP contribution in [-0.4, -0.2) is 55.2 Å². The van der Waals surface area contributed by atoms with Crippen molar-refractivity contribution in [1.29, 1.82) is 0 Å². The lowest BCUT2D eigenvalue weighted by Crippen LogP contribution is -2.33. The van der Waals surface area contributed by atoms with Gasteiger partial charge in [-0.1, -0.05) is 12.1 Å². The van der Waals surface area contributed by atoms with E-state index in [1.54, 1.807) is 80.9 Å². The number of nitrogens with zero attached hydrogens (tertiary/aromatic N) is 1. The molecular formula is C31H33NO7. The number of carbonyl (C=O) groups excluding carboxylic acids is 2. The molecule has 1 atom stereocenters. The molecule has 3 aromatic carbocycles. The third-order valence-corrected chi connectivity index (χ3v) is 6.42. The molecule has 204 valence electrons. The number of aryl methyl sites for hydroxylation is 1. The first-order valence-electron chi connectivity index (χ1n) is 12.7. The maximum absolute atomic E-state index is 13.3. The monoisotopic (exact) mass is 531 g/mol. The molecule has 8 nitrogen and oxygen atoms in total. The Morgan fingerprint density at radius 1 is 0.923 bits per heavy atom. The number of methoxy groups -OCH3 is 2. The molecule has 1 heterocycles. The van der Waals surface area contributed by atoms with Crippen molar-refractivity contribution in [3.05, 3.63) is 89.0 Å². The second kappa shape index (κ2) is 11.9. The molecule has 1 unspecified atom stereocenters. The number of aliphatic hydroxyl groups is 1. The number of Topliss-reactive ketones (excluding diaryl/α,β-unsaturated/α-hetero) is 1. The Morgan fingerprint density at radius 3 is 2.26 bits per heavy atom. The quantitative estimate of drug-likeness (QED) is 0.216. The maximum Gasteiger partial charge on any atom is 0.295 e. The number of aliphatic hydroxyl groups excluding tert-OH is 1. The van der Waals surface area contributed by atoms with Crippen molar-refractivity contribution in [2.45, 2.75) is 32.9 Å². The van der Waals surface area contributed by atoms with E-state index in [-0.39, 0.29) is 30.6 Å². The summed E-state index contributed by atoms with van der Waals surface area (Å²) in [6.07, 6.45) is -0.0123. The summed E-state index contributed by atoms with van der Waals surface area (Å²) >= 11 is 0. The van der Waals surface area contributed by atoms with E-state index >= 15 is 0 Å². The predicted molar refractivity (Wildman–Crippen MR) is 147 cm³/mol. The summed E-state index contributed by atoms with van der Waals surface area (Å²) in [5.41, 5.74) is 1.86. The average molecular weight is 532 g/mol. The number of hydrogen-bond acceptors (Lipinski definition) is 7. The van der Waals surface area contributed by atoms with Crippen LogP contribution in [0.3, 0.4) is 0 Å². The van der Waals surface area contributed by atoms with Crippen molar-refractivity contribution < 1.29 is 33.6 Å². The lowest BCUT2D eigenvalue weighted by molar-refractivity contribution is -0.140. The van der Waals surface area contributed by atoms with Gasteiger partial charge in [-0.15, -0.1) is 0 Å². The Morgan fingerprint density at radius 2 is 1.62 bits per heavy atom. The molecule has 0 spiro atoms. The number of rotatable bonds is 10. The number of likely N-dealkylation sites (tertiary alicyclic amines) is 1. The van der Waals surface area contributed by atoms with Gasteiger partial charge in [0.25, 0.3) is 11.7 Å². The summed E-state index contributed by atoms with van der Waals surface area (Å²) < 4.78 is 22.2. The third kappa shape index (κ3) is 6.00. The van der Waals surface area contributed by atoms with Crippen molar-refractivity contribution in [3.8, 4) is 23.0 Å². The topological polar surface area (TPSA) is 94.5 Å². The van der Waals surface area contributed by atoms with Gasteiger partial charge in [0.2, 0.25) is 0 Å². The molecule has 1 saturated heterocycles. The lowest BCUT2D eigenvalue weighted by Gasteiger charge is -2.25. The molecule has 1 fully saturated rings. The summed E-state index contributed by atoms with van der Waals surface area (Å²) in [5.74, 6) is 0.832. The molecule has 4 rings (SSSR count). The van der Waals surface area contributed by atoms with Crippen molar-refractivity contribution >= 4 is 17.4 Å². The van der Waals surface area contributed by atoms with Crippen LogP contribution in [-0.2, 0) is 9.59 Å². The highest BCUT2D eigenvalue weighted by Gasteiger charge is 2.46. The van der Waals surface area contributed by atoms with Crippen LogP contribution in [0.25, 0.3) is 5.76 Å². The van der Waals surface area contributed by atoms with Crippen LogP contribution >= 0.6 is 0 Å². The summed E-state index contributed by atoms with van der Waals surface area (Å²) in [6.45, 7) is 5.99. The van der Waals surface area contributed by atoms with Gasteiger partial charge in [0.1, 0.15) is 35.4 Å². The van der Waals surface area contributed by atoms with E-state index in [1.807, 2.05) is 20.8 Å². The average Bonchev–Trinajstić information content (AvgIpc) is 3.19. The van der Waals surface area contributed by atoms with Crippen LogP contribution < -0.4 is 18.9 Å². The van der Waals surface area contributed by atoms with Gasteiger partial charge in [0, 0.05) is 5.56 Å². The van der Waals surface area contributed by atoms with E-state index < -0.39 is 17.7 Å². The van der Waals surface area contributed by atoms with Gasteiger partial charge >= 0.3 is 0 Å². The zero-order chi connectivity index (χ0) is 28.1. The summed E-state index contributed by atoms with van der Waals surface area (Å²) in [5, 5.41) is 11.4. The Kier molecular flexibility index (Phi) is 8.44. The Hall–Kier alpha value is -4.46. The number of benzene rings is 3. The number of ketones is 1. The lowest BCUT2D eigenvalue weighted by atomic mass is 9.94. The molecule has 0 bridgehead atoms. The number of carbonyl (C=O) groups is 2. The first-order chi connectivity index (χ1) is 18.7. The normalized spacial score (nSPS) is 16.5. The van der Waals surface area contributed by atoms with Crippen molar-refractivity contribution in [2.75, 3.05) is 27.4 Å². The molecule has 1 aliphatic heterocycles. The third-order valence-electron chi connectivity index (χ3n) is 6.42. The highest BCUT2D eigenvalue weighted by atomic mass is 16.5. The van der Waals surface area contributed by atoms with E-state index in [9.17, 15) is 14.7 Å². The molecule has 39 heavy (non-hydrogen) atoms. The molecule has 0 saturated carbocycles.